The number of piperidine rings is 1. The van der Waals surface area contributed by atoms with Crippen molar-refractivity contribution < 1.29 is 18.3 Å². The summed E-state index contributed by atoms with van der Waals surface area (Å²) < 4.78 is 35.5. The van der Waals surface area contributed by atoms with Crippen LogP contribution in [0, 0.1) is 11.8 Å². The zero-order chi connectivity index (χ0) is 27.7. The van der Waals surface area contributed by atoms with Gasteiger partial charge in [-0.05, 0) is 48.9 Å². The molecule has 1 aliphatic heterocycles. The van der Waals surface area contributed by atoms with E-state index in [0.29, 0.717) is 24.9 Å². The summed E-state index contributed by atoms with van der Waals surface area (Å²) in [5.41, 5.74) is -1.24. The van der Waals surface area contributed by atoms with Gasteiger partial charge in [0.2, 0.25) is 10.0 Å². The summed E-state index contributed by atoms with van der Waals surface area (Å²) in [5.74, 6) is 0.593. The van der Waals surface area contributed by atoms with E-state index in [-0.39, 0.29) is 37.9 Å². The number of phenols is 1. The third-order valence-corrected chi connectivity index (χ3v) is 9.90. The summed E-state index contributed by atoms with van der Waals surface area (Å²) in [6.07, 6.45) is 8.63. The van der Waals surface area contributed by atoms with E-state index in [9.17, 15) is 23.1 Å². The number of nitrogens with zero attached hydrogens (tertiary/aromatic N) is 3. The van der Waals surface area contributed by atoms with Gasteiger partial charge in [-0.15, -0.1) is 0 Å². The average molecular weight is 596 g/mol. The Morgan fingerprint density at radius 2 is 1.67 bits per heavy atom. The molecular weight excluding hydrogens is 567 g/mol. The number of H-pyrrole nitrogens is 1. The van der Waals surface area contributed by atoms with E-state index in [1.807, 2.05) is 0 Å². The number of halogens is 2. The van der Waals surface area contributed by atoms with Crippen molar-refractivity contribution in [3.8, 4) is 22.9 Å². The van der Waals surface area contributed by atoms with Crippen molar-refractivity contribution in [1.82, 2.24) is 19.1 Å². The fourth-order valence-corrected chi connectivity index (χ4v) is 7.69. The Morgan fingerprint density at radius 3 is 2.36 bits per heavy atom. The van der Waals surface area contributed by atoms with Gasteiger partial charge in [0.1, 0.15) is 22.6 Å². The Morgan fingerprint density at radius 1 is 0.974 bits per heavy atom. The number of hydrogen-bond acceptors (Lipinski definition) is 7. The Labute approximate surface area is 235 Å². The average Bonchev–Trinajstić information content (AvgIpc) is 2.92. The van der Waals surface area contributed by atoms with Crippen LogP contribution < -0.4 is 16.0 Å². The fourth-order valence-electron chi connectivity index (χ4n) is 5.51. The lowest BCUT2D eigenvalue weighted by atomic mass is 9.77. The van der Waals surface area contributed by atoms with Crippen LogP contribution in [0.25, 0.3) is 5.69 Å². The van der Waals surface area contributed by atoms with E-state index in [1.165, 1.54) is 53.9 Å². The van der Waals surface area contributed by atoms with Gasteiger partial charge in [-0.2, -0.15) is 14.1 Å². The van der Waals surface area contributed by atoms with Gasteiger partial charge in [0.25, 0.3) is 5.56 Å². The number of nitrogens with one attached hydrogen (secondary N) is 1. The van der Waals surface area contributed by atoms with Crippen molar-refractivity contribution in [3.63, 3.8) is 0 Å². The largest absolute Gasteiger partial charge is 0.507 e. The molecule has 208 valence electrons. The number of sulfonamides is 1. The molecule has 0 spiro atoms. The molecule has 1 saturated carbocycles. The molecule has 0 bridgehead atoms. The molecule has 1 aromatic heterocycles. The Balaban J connectivity index is 1.40. The topological polar surface area (TPSA) is 135 Å². The molecule has 13 heteroatoms. The molecule has 5 rings (SSSR count). The second kappa shape index (κ2) is 11.3. The quantitative estimate of drug-likeness (QED) is 0.422. The van der Waals surface area contributed by atoms with Crippen LogP contribution >= 0.6 is 23.2 Å². The number of rotatable bonds is 6. The van der Waals surface area contributed by atoms with Crippen LogP contribution in [-0.4, -0.2) is 45.7 Å². The maximum atomic E-state index is 13.6. The monoisotopic (exact) mass is 594 g/mol. The highest BCUT2D eigenvalue weighted by Crippen LogP contribution is 2.41. The fraction of sp³-hybridized carbons (Fsp3) is 0.423. The van der Waals surface area contributed by atoms with E-state index >= 15 is 0 Å². The van der Waals surface area contributed by atoms with Gasteiger partial charge in [0.15, 0.2) is 5.75 Å². The molecule has 3 aromatic rings. The van der Waals surface area contributed by atoms with E-state index < -0.39 is 21.3 Å². The predicted molar refractivity (Wildman–Crippen MR) is 147 cm³/mol. The van der Waals surface area contributed by atoms with Crippen LogP contribution in [0.4, 0.5) is 0 Å². The number of ether oxygens (including phenoxy) is 1. The molecule has 1 aliphatic carbocycles. The zero-order valence-electron chi connectivity index (χ0n) is 21.0. The molecule has 0 amide bonds. The van der Waals surface area contributed by atoms with E-state index in [2.05, 4.69) is 10.1 Å². The molecule has 10 nitrogen and oxygen atoms in total. The lowest BCUT2D eigenvalue weighted by Crippen LogP contribution is -2.42. The van der Waals surface area contributed by atoms with E-state index in [0.717, 1.165) is 36.6 Å². The maximum absolute atomic E-state index is 13.6. The van der Waals surface area contributed by atoms with Crippen molar-refractivity contribution in [2.45, 2.75) is 49.8 Å². The second-order valence-electron chi connectivity index (χ2n) is 9.98. The molecule has 2 fully saturated rings. The lowest BCUT2D eigenvalue weighted by molar-refractivity contribution is 0.165. The number of phenolic OH excluding ortho intramolecular Hbond substituents is 1. The van der Waals surface area contributed by atoms with Crippen LogP contribution in [0.2, 0.25) is 10.0 Å². The van der Waals surface area contributed by atoms with Gasteiger partial charge in [-0.25, -0.2) is 13.2 Å². The maximum Gasteiger partial charge on any atom is 0.349 e. The van der Waals surface area contributed by atoms with Crippen LogP contribution in [0.15, 0.2) is 51.0 Å². The summed E-state index contributed by atoms with van der Waals surface area (Å²) in [5, 5.41) is 14.3. The molecular formula is C26H28Cl2N4O6S. The molecule has 2 heterocycles. The summed E-state index contributed by atoms with van der Waals surface area (Å²) >= 11 is 12.8. The highest BCUT2D eigenvalue weighted by atomic mass is 35.5. The minimum absolute atomic E-state index is 0.0150. The molecule has 1 unspecified atom stereocenters. The Hall–Kier alpha value is -2.86. The van der Waals surface area contributed by atoms with E-state index in [1.54, 1.807) is 0 Å². The standard InChI is InChI=1S/C26H28Cl2N4O6S/c27-20-11-18(32-26(35)30-24(34)14-29-32)12-21(28)25(20)38-19-8-9-22(33)23(13-19)39(36,37)31-10-4-7-17(15-31)16-5-2-1-3-6-16/h8-9,11-14,16-17,33H,1-7,10,15H2,(H,30,34,35). The van der Waals surface area contributed by atoms with Crippen molar-refractivity contribution in [2.24, 2.45) is 11.8 Å². The minimum atomic E-state index is -3.99. The first kappa shape index (κ1) is 27.7. The first-order chi connectivity index (χ1) is 18.6. The van der Waals surface area contributed by atoms with Crippen LogP contribution in [-0.2, 0) is 10.0 Å². The first-order valence-electron chi connectivity index (χ1n) is 12.8. The molecule has 2 N–H and O–H groups in total. The minimum Gasteiger partial charge on any atom is -0.507 e. The van der Waals surface area contributed by atoms with Gasteiger partial charge in [-0.3, -0.25) is 9.78 Å². The number of benzene rings is 2. The number of hydrogen-bond donors (Lipinski definition) is 2. The Bertz CT molecular complexity index is 1580. The van der Waals surface area contributed by atoms with Gasteiger partial charge >= 0.3 is 5.69 Å². The Kier molecular flexibility index (Phi) is 8.04. The van der Waals surface area contributed by atoms with Gasteiger partial charge in [-0.1, -0.05) is 55.3 Å². The third-order valence-electron chi connectivity index (χ3n) is 7.45. The SMILES string of the molecule is O=c1cnn(-c2cc(Cl)c(Oc3ccc(O)c(S(=O)(=O)N4CCCC(C5CCCCC5)C4)c3)c(Cl)c2)c(=O)[nH]1. The second-order valence-corrected chi connectivity index (χ2v) is 12.7. The molecule has 1 atom stereocenters. The number of aromatic hydroxyl groups is 1. The van der Waals surface area contributed by atoms with Crippen molar-refractivity contribution >= 4 is 33.2 Å². The van der Waals surface area contributed by atoms with Crippen LogP contribution in [0.3, 0.4) is 0 Å². The zero-order valence-corrected chi connectivity index (χ0v) is 23.3. The highest BCUT2D eigenvalue weighted by Gasteiger charge is 2.35. The van der Waals surface area contributed by atoms with Crippen LogP contribution in [0.5, 0.6) is 17.2 Å². The third kappa shape index (κ3) is 5.86. The van der Waals surface area contributed by atoms with Gasteiger partial charge < -0.3 is 9.84 Å². The first-order valence-corrected chi connectivity index (χ1v) is 15.0. The predicted octanol–water partition coefficient (Wildman–Crippen LogP) is 4.71. The van der Waals surface area contributed by atoms with Crippen LogP contribution in [0.1, 0.15) is 44.9 Å². The molecule has 39 heavy (non-hydrogen) atoms. The summed E-state index contributed by atoms with van der Waals surface area (Å²) in [6.45, 7) is 0.835. The van der Waals surface area contributed by atoms with Crippen molar-refractivity contribution in [3.05, 3.63) is 67.4 Å². The lowest BCUT2D eigenvalue weighted by Gasteiger charge is -2.37. The summed E-state index contributed by atoms with van der Waals surface area (Å²) in [4.78, 5) is 25.2. The molecule has 2 aromatic carbocycles. The molecule has 1 saturated heterocycles. The summed E-state index contributed by atoms with van der Waals surface area (Å²) in [7, 11) is -3.99. The van der Waals surface area contributed by atoms with Crippen molar-refractivity contribution in [2.75, 3.05) is 13.1 Å². The van der Waals surface area contributed by atoms with Gasteiger partial charge in [0, 0.05) is 19.2 Å². The van der Waals surface area contributed by atoms with Crippen molar-refractivity contribution in [1.29, 1.82) is 0 Å². The molecule has 2 aliphatic rings. The van der Waals surface area contributed by atoms with Gasteiger partial charge in [0.05, 0.1) is 15.7 Å². The van der Waals surface area contributed by atoms with E-state index in [4.69, 9.17) is 27.9 Å². The smallest absolute Gasteiger partial charge is 0.349 e. The normalized spacial score (nSPS) is 19.2. The highest BCUT2D eigenvalue weighted by molar-refractivity contribution is 7.89. The molecule has 0 radical (unpaired) electrons. The number of aromatic amines is 1. The summed E-state index contributed by atoms with van der Waals surface area (Å²) in [6, 6.07) is 6.65. The number of aromatic nitrogens is 3.